The minimum Gasteiger partial charge on any atom is -0.463 e. The van der Waals surface area contributed by atoms with Crippen LogP contribution in [-0.2, 0) is 20.9 Å². The predicted molar refractivity (Wildman–Crippen MR) is 138 cm³/mol. The van der Waals surface area contributed by atoms with E-state index >= 15 is 0 Å². The number of nitrogens with one attached hydrogen (secondary N) is 1. The SMILES string of the molecule is CCOC(=O)C1=C(C)N(Cc2ccc(C(=O)NCCN3CCCC3)cc2)C(=O)CC1c1cccc(F)c1. The Labute approximate surface area is 217 Å². The summed E-state index contributed by atoms with van der Waals surface area (Å²) in [6.45, 7) is 7.53. The summed E-state index contributed by atoms with van der Waals surface area (Å²) in [6, 6.07) is 13.1. The second-order valence-corrected chi connectivity index (χ2v) is 9.51. The number of hydrogen-bond acceptors (Lipinski definition) is 5. The molecule has 0 saturated carbocycles. The molecule has 8 heteroatoms. The van der Waals surface area contributed by atoms with Crippen LogP contribution in [-0.4, -0.2) is 60.4 Å². The number of carbonyl (C=O) groups excluding carboxylic acids is 3. The molecule has 2 aliphatic rings. The Bertz CT molecular complexity index is 1170. The van der Waals surface area contributed by atoms with Gasteiger partial charge < -0.3 is 19.9 Å². The maximum atomic E-state index is 13.9. The summed E-state index contributed by atoms with van der Waals surface area (Å²) in [5.74, 6) is -1.80. The first-order valence-electron chi connectivity index (χ1n) is 12.9. The lowest BCUT2D eigenvalue weighted by atomic mass is 9.83. The largest absolute Gasteiger partial charge is 0.463 e. The summed E-state index contributed by atoms with van der Waals surface area (Å²) in [7, 11) is 0. The summed E-state index contributed by atoms with van der Waals surface area (Å²) in [4.78, 5) is 42.5. The van der Waals surface area contributed by atoms with Gasteiger partial charge in [0.1, 0.15) is 5.82 Å². The fourth-order valence-electron chi connectivity index (χ4n) is 5.06. The average molecular weight is 508 g/mol. The lowest BCUT2D eigenvalue weighted by Gasteiger charge is -2.34. The maximum absolute atomic E-state index is 13.9. The van der Waals surface area contributed by atoms with Gasteiger partial charge >= 0.3 is 5.97 Å². The highest BCUT2D eigenvalue weighted by Gasteiger charge is 2.37. The topological polar surface area (TPSA) is 79.0 Å². The van der Waals surface area contributed by atoms with E-state index in [9.17, 15) is 18.8 Å². The molecule has 0 spiro atoms. The van der Waals surface area contributed by atoms with Crippen LogP contribution in [0.25, 0.3) is 0 Å². The van der Waals surface area contributed by atoms with Gasteiger partial charge in [-0.05, 0) is 75.2 Å². The summed E-state index contributed by atoms with van der Waals surface area (Å²) in [6.07, 6.45) is 2.47. The van der Waals surface area contributed by atoms with Gasteiger partial charge in [0.2, 0.25) is 5.91 Å². The molecule has 1 saturated heterocycles. The van der Waals surface area contributed by atoms with Crippen molar-refractivity contribution in [1.82, 2.24) is 15.1 Å². The van der Waals surface area contributed by atoms with Gasteiger partial charge in [0, 0.05) is 36.7 Å². The van der Waals surface area contributed by atoms with Crippen LogP contribution in [0.5, 0.6) is 0 Å². The number of benzene rings is 2. The van der Waals surface area contributed by atoms with Crippen molar-refractivity contribution < 1.29 is 23.5 Å². The second-order valence-electron chi connectivity index (χ2n) is 9.51. The molecule has 2 aromatic rings. The maximum Gasteiger partial charge on any atom is 0.336 e. The Kier molecular flexibility index (Phi) is 8.71. The van der Waals surface area contributed by atoms with E-state index in [0.29, 0.717) is 28.9 Å². The molecule has 4 rings (SSSR count). The normalized spacial score (nSPS) is 18.3. The Morgan fingerprint density at radius 1 is 1.11 bits per heavy atom. The molecule has 0 radical (unpaired) electrons. The number of likely N-dealkylation sites (tertiary alicyclic amines) is 1. The van der Waals surface area contributed by atoms with Crippen LogP contribution in [0, 0.1) is 5.82 Å². The molecule has 7 nitrogen and oxygen atoms in total. The highest BCUT2D eigenvalue weighted by molar-refractivity contribution is 5.96. The minimum absolute atomic E-state index is 0.0342. The van der Waals surface area contributed by atoms with Crippen molar-refractivity contribution >= 4 is 17.8 Å². The molecule has 1 unspecified atom stereocenters. The fourth-order valence-corrected chi connectivity index (χ4v) is 5.06. The zero-order chi connectivity index (χ0) is 26.4. The van der Waals surface area contributed by atoms with E-state index in [1.807, 2.05) is 12.1 Å². The third-order valence-electron chi connectivity index (χ3n) is 7.04. The molecule has 0 bridgehead atoms. The standard InChI is InChI=1S/C29H34FN3O4/c1-3-37-29(36)27-20(2)33(26(34)18-25(27)23-7-6-8-24(30)17-23)19-21-9-11-22(12-10-21)28(35)31-13-16-32-14-4-5-15-32/h6-12,17,25H,3-5,13-16,18-19H2,1-2H3,(H,31,35). The van der Waals surface area contributed by atoms with E-state index in [0.717, 1.165) is 25.2 Å². The fraction of sp³-hybridized carbons (Fsp3) is 0.414. The predicted octanol–water partition coefficient (Wildman–Crippen LogP) is 4.00. The van der Waals surface area contributed by atoms with E-state index < -0.39 is 17.7 Å². The van der Waals surface area contributed by atoms with Crippen LogP contribution in [0.15, 0.2) is 59.8 Å². The number of ether oxygens (including phenoxy) is 1. The van der Waals surface area contributed by atoms with Crippen molar-refractivity contribution in [3.63, 3.8) is 0 Å². The van der Waals surface area contributed by atoms with Gasteiger partial charge in [-0.15, -0.1) is 0 Å². The molecule has 2 amide bonds. The number of rotatable bonds is 9. The molecule has 2 aliphatic heterocycles. The molecule has 1 fully saturated rings. The van der Waals surface area contributed by atoms with E-state index in [-0.39, 0.29) is 31.4 Å². The van der Waals surface area contributed by atoms with Crippen molar-refractivity contribution in [3.8, 4) is 0 Å². The van der Waals surface area contributed by atoms with E-state index in [2.05, 4.69) is 10.2 Å². The highest BCUT2D eigenvalue weighted by Crippen LogP contribution is 2.38. The second kappa shape index (κ2) is 12.1. The van der Waals surface area contributed by atoms with Crippen molar-refractivity contribution in [3.05, 3.63) is 82.3 Å². The van der Waals surface area contributed by atoms with E-state index in [1.54, 1.807) is 43.0 Å². The average Bonchev–Trinajstić information content (AvgIpc) is 3.40. The summed E-state index contributed by atoms with van der Waals surface area (Å²) < 4.78 is 19.2. The van der Waals surface area contributed by atoms with Crippen LogP contribution < -0.4 is 5.32 Å². The number of halogens is 1. The summed E-state index contributed by atoms with van der Waals surface area (Å²) >= 11 is 0. The number of amides is 2. The van der Waals surface area contributed by atoms with Crippen LogP contribution in [0.4, 0.5) is 4.39 Å². The lowest BCUT2D eigenvalue weighted by Crippen LogP contribution is -2.38. The van der Waals surface area contributed by atoms with Gasteiger partial charge in [0.05, 0.1) is 18.7 Å². The lowest BCUT2D eigenvalue weighted by molar-refractivity contribution is -0.140. The monoisotopic (exact) mass is 507 g/mol. The van der Waals surface area contributed by atoms with Crippen molar-refractivity contribution in [2.75, 3.05) is 32.8 Å². The van der Waals surface area contributed by atoms with Crippen molar-refractivity contribution in [2.24, 2.45) is 0 Å². The van der Waals surface area contributed by atoms with Gasteiger partial charge in [0.25, 0.3) is 5.91 Å². The Balaban J connectivity index is 1.48. The van der Waals surface area contributed by atoms with Gasteiger partial charge in [0.15, 0.2) is 0 Å². The van der Waals surface area contributed by atoms with Crippen LogP contribution in [0.1, 0.15) is 60.5 Å². The molecule has 1 N–H and O–H groups in total. The van der Waals surface area contributed by atoms with Gasteiger partial charge in [-0.25, -0.2) is 9.18 Å². The van der Waals surface area contributed by atoms with Crippen molar-refractivity contribution in [1.29, 1.82) is 0 Å². The smallest absolute Gasteiger partial charge is 0.336 e. The van der Waals surface area contributed by atoms with E-state index in [1.165, 1.54) is 25.0 Å². The first-order valence-corrected chi connectivity index (χ1v) is 12.9. The summed E-state index contributed by atoms with van der Waals surface area (Å²) in [5, 5.41) is 2.96. The zero-order valence-electron chi connectivity index (χ0n) is 21.5. The number of esters is 1. The third-order valence-corrected chi connectivity index (χ3v) is 7.04. The molecule has 1 atom stereocenters. The van der Waals surface area contributed by atoms with Crippen LogP contribution >= 0.6 is 0 Å². The Morgan fingerprint density at radius 3 is 2.51 bits per heavy atom. The molecule has 37 heavy (non-hydrogen) atoms. The number of carbonyl (C=O) groups is 3. The molecular formula is C29H34FN3O4. The minimum atomic E-state index is -0.579. The quantitative estimate of drug-likeness (QED) is 0.519. The van der Waals surface area contributed by atoms with Gasteiger partial charge in [-0.3, -0.25) is 9.59 Å². The number of allylic oxidation sites excluding steroid dienone is 1. The molecule has 196 valence electrons. The van der Waals surface area contributed by atoms with Crippen LogP contribution in [0.3, 0.4) is 0 Å². The Hall–Kier alpha value is -3.52. The summed E-state index contributed by atoms with van der Waals surface area (Å²) in [5.41, 5.74) is 2.80. The van der Waals surface area contributed by atoms with E-state index in [4.69, 9.17) is 4.74 Å². The Morgan fingerprint density at radius 2 is 1.84 bits per heavy atom. The van der Waals surface area contributed by atoms with Gasteiger partial charge in [-0.1, -0.05) is 24.3 Å². The molecule has 0 aromatic heterocycles. The van der Waals surface area contributed by atoms with Crippen LogP contribution in [0.2, 0.25) is 0 Å². The first kappa shape index (κ1) is 26.5. The highest BCUT2D eigenvalue weighted by atomic mass is 19.1. The zero-order valence-corrected chi connectivity index (χ0v) is 21.5. The molecule has 2 heterocycles. The van der Waals surface area contributed by atoms with Gasteiger partial charge in [-0.2, -0.15) is 0 Å². The third kappa shape index (κ3) is 6.43. The number of hydrogen-bond donors (Lipinski definition) is 1. The number of nitrogens with zero attached hydrogens (tertiary/aromatic N) is 2. The molecular weight excluding hydrogens is 473 g/mol. The first-order chi connectivity index (χ1) is 17.9. The molecule has 0 aliphatic carbocycles. The van der Waals surface area contributed by atoms with Crippen molar-refractivity contribution in [2.45, 2.75) is 45.6 Å². The molecule has 2 aromatic carbocycles.